The van der Waals surface area contributed by atoms with Gasteiger partial charge in [0, 0.05) is 6.42 Å². The average molecular weight is 147 g/mol. The summed E-state index contributed by atoms with van der Waals surface area (Å²) in [7, 11) is 0. The second-order valence-corrected chi connectivity index (χ2v) is 2.69. The zero-order valence-corrected chi connectivity index (χ0v) is 6.87. The molecule has 1 rings (SSSR count). The molecule has 0 unspecified atom stereocenters. The second-order valence-electron chi connectivity index (χ2n) is 2.69. The first-order valence-electron chi connectivity index (χ1n) is 4.30. The highest BCUT2D eigenvalue weighted by atomic mass is 13.9. The van der Waals surface area contributed by atoms with Crippen LogP contribution in [-0.2, 0) is 0 Å². The zero-order chi connectivity index (χ0) is 7.78. The van der Waals surface area contributed by atoms with Gasteiger partial charge < -0.3 is 0 Å². The van der Waals surface area contributed by atoms with Crippen LogP contribution in [0.1, 0.15) is 25.7 Å². The molecule has 11 heavy (non-hydrogen) atoms. The SMILES string of the molecule is [CH]1/C=C\CCC/C=C\C/C=C/1. The fourth-order valence-corrected chi connectivity index (χ4v) is 1.04. The van der Waals surface area contributed by atoms with Crippen LogP contribution in [-0.4, -0.2) is 0 Å². The fourth-order valence-electron chi connectivity index (χ4n) is 1.04. The Balaban J connectivity index is 2.34. The molecular weight excluding hydrogens is 132 g/mol. The van der Waals surface area contributed by atoms with E-state index in [0.29, 0.717) is 0 Å². The van der Waals surface area contributed by atoms with Crippen LogP contribution in [0.3, 0.4) is 0 Å². The molecule has 1 aliphatic rings. The summed E-state index contributed by atoms with van der Waals surface area (Å²) in [6, 6.07) is 0. The van der Waals surface area contributed by atoms with Crippen molar-refractivity contribution in [3.8, 4) is 0 Å². The summed E-state index contributed by atoms with van der Waals surface area (Å²) in [5, 5.41) is 0. The smallest absolute Gasteiger partial charge is 0.00442 e. The van der Waals surface area contributed by atoms with Crippen LogP contribution in [0.2, 0.25) is 0 Å². The van der Waals surface area contributed by atoms with E-state index in [1.807, 2.05) is 0 Å². The average Bonchev–Trinajstić information content (AvgIpc) is 2.08. The molecule has 0 aliphatic heterocycles. The van der Waals surface area contributed by atoms with Gasteiger partial charge in [0.15, 0.2) is 0 Å². The minimum Gasteiger partial charge on any atom is -0.0882 e. The maximum atomic E-state index is 2.27. The highest BCUT2D eigenvalue weighted by molar-refractivity contribution is 5.10. The topological polar surface area (TPSA) is 0 Å². The van der Waals surface area contributed by atoms with Crippen molar-refractivity contribution in [2.75, 3.05) is 0 Å². The van der Waals surface area contributed by atoms with E-state index in [4.69, 9.17) is 0 Å². The third-order valence-corrected chi connectivity index (χ3v) is 1.67. The molecule has 0 N–H and O–H groups in total. The van der Waals surface area contributed by atoms with Crippen molar-refractivity contribution in [3.63, 3.8) is 0 Å². The van der Waals surface area contributed by atoms with Gasteiger partial charge in [-0.15, -0.1) is 0 Å². The Bertz CT molecular complexity index is 143. The highest BCUT2D eigenvalue weighted by Crippen LogP contribution is 2.01. The Morgan fingerprint density at radius 1 is 0.727 bits per heavy atom. The third kappa shape index (κ3) is 4.60. The van der Waals surface area contributed by atoms with Crippen molar-refractivity contribution in [3.05, 3.63) is 42.9 Å². The van der Waals surface area contributed by atoms with E-state index in [1.54, 1.807) is 0 Å². The lowest BCUT2D eigenvalue weighted by molar-refractivity contribution is 0.866. The number of hydrogen-bond donors (Lipinski definition) is 0. The van der Waals surface area contributed by atoms with E-state index in [0.717, 1.165) is 6.42 Å². The highest BCUT2D eigenvalue weighted by Gasteiger charge is 1.81. The van der Waals surface area contributed by atoms with E-state index in [1.165, 1.54) is 19.3 Å². The minimum absolute atomic E-state index is 1.07. The monoisotopic (exact) mass is 147 g/mol. The molecule has 0 aromatic rings. The fraction of sp³-hybridized carbons (Fsp3) is 0.364. The van der Waals surface area contributed by atoms with Crippen molar-refractivity contribution in [2.24, 2.45) is 0 Å². The van der Waals surface area contributed by atoms with E-state index in [9.17, 15) is 0 Å². The Kier molecular flexibility index (Phi) is 4.51. The summed E-state index contributed by atoms with van der Waals surface area (Å²) in [5.74, 6) is 0. The molecule has 0 nitrogen and oxygen atoms in total. The van der Waals surface area contributed by atoms with Crippen LogP contribution in [0.4, 0.5) is 0 Å². The molecule has 0 aromatic heterocycles. The van der Waals surface area contributed by atoms with Gasteiger partial charge in [0.1, 0.15) is 0 Å². The van der Waals surface area contributed by atoms with Crippen molar-refractivity contribution < 1.29 is 0 Å². The van der Waals surface area contributed by atoms with Crippen molar-refractivity contribution in [2.45, 2.75) is 25.7 Å². The number of allylic oxidation sites excluding steroid dienone is 6. The third-order valence-electron chi connectivity index (χ3n) is 1.67. The Morgan fingerprint density at radius 2 is 1.55 bits per heavy atom. The van der Waals surface area contributed by atoms with Crippen LogP contribution >= 0.6 is 0 Å². The van der Waals surface area contributed by atoms with E-state index < -0.39 is 0 Å². The van der Waals surface area contributed by atoms with Gasteiger partial charge in [0.25, 0.3) is 0 Å². The Hall–Kier alpha value is -0.780. The standard InChI is InChI=1S/C11H15/c1-2-4-6-8-10-11-9-7-5-3-1/h1-5,8,10H,6-7,9,11H2/b4-2+,5-3-,10-8-. The van der Waals surface area contributed by atoms with E-state index in [-0.39, 0.29) is 0 Å². The summed E-state index contributed by atoms with van der Waals surface area (Å²) in [5.41, 5.74) is 0. The molecule has 0 heterocycles. The van der Waals surface area contributed by atoms with E-state index >= 15 is 0 Å². The normalized spacial score (nSPS) is 28.4. The number of hydrogen-bond acceptors (Lipinski definition) is 0. The van der Waals surface area contributed by atoms with Crippen LogP contribution in [0.15, 0.2) is 36.5 Å². The summed E-state index contributed by atoms with van der Waals surface area (Å²) in [6.07, 6.45) is 20.0. The molecule has 0 fully saturated rings. The Morgan fingerprint density at radius 3 is 2.55 bits per heavy atom. The van der Waals surface area contributed by atoms with Gasteiger partial charge in [0.05, 0.1) is 0 Å². The van der Waals surface area contributed by atoms with Crippen LogP contribution < -0.4 is 0 Å². The van der Waals surface area contributed by atoms with Crippen molar-refractivity contribution in [1.29, 1.82) is 0 Å². The zero-order valence-electron chi connectivity index (χ0n) is 6.87. The molecule has 0 atom stereocenters. The molecule has 0 saturated carbocycles. The number of rotatable bonds is 0. The molecule has 0 spiro atoms. The minimum atomic E-state index is 1.07. The maximum Gasteiger partial charge on any atom is 0.00442 e. The predicted octanol–water partition coefficient (Wildman–Crippen LogP) is 3.43. The van der Waals surface area contributed by atoms with Crippen molar-refractivity contribution in [1.82, 2.24) is 0 Å². The van der Waals surface area contributed by atoms with Crippen LogP contribution in [0.5, 0.6) is 0 Å². The second kappa shape index (κ2) is 5.96. The molecule has 0 saturated heterocycles. The molecule has 1 radical (unpaired) electrons. The maximum absolute atomic E-state index is 2.27. The van der Waals surface area contributed by atoms with E-state index in [2.05, 4.69) is 42.9 Å². The lowest BCUT2D eigenvalue weighted by Crippen LogP contribution is -1.68. The van der Waals surface area contributed by atoms with Crippen LogP contribution in [0, 0.1) is 6.42 Å². The Labute approximate surface area is 69.3 Å². The first kappa shape index (κ1) is 8.32. The molecule has 1 aliphatic carbocycles. The first-order chi connectivity index (χ1) is 5.50. The molecule has 0 heteroatoms. The summed E-state index contributed by atoms with van der Waals surface area (Å²) in [4.78, 5) is 0. The van der Waals surface area contributed by atoms with Gasteiger partial charge >= 0.3 is 0 Å². The molecule has 0 bridgehead atoms. The van der Waals surface area contributed by atoms with Gasteiger partial charge in [-0.1, -0.05) is 36.5 Å². The molecule has 0 amide bonds. The van der Waals surface area contributed by atoms with Gasteiger partial charge in [-0.3, -0.25) is 0 Å². The van der Waals surface area contributed by atoms with Gasteiger partial charge in [-0.05, 0) is 25.7 Å². The van der Waals surface area contributed by atoms with Gasteiger partial charge in [-0.25, -0.2) is 0 Å². The van der Waals surface area contributed by atoms with Crippen LogP contribution in [0.25, 0.3) is 0 Å². The quantitative estimate of drug-likeness (QED) is 0.460. The van der Waals surface area contributed by atoms with Crippen molar-refractivity contribution >= 4 is 0 Å². The summed E-state index contributed by atoms with van der Waals surface area (Å²) >= 11 is 0. The lowest BCUT2D eigenvalue weighted by Gasteiger charge is -1.87. The predicted molar refractivity (Wildman–Crippen MR) is 50.2 cm³/mol. The lowest BCUT2D eigenvalue weighted by atomic mass is 10.2. The largest absolute Gasteiger partial charge is 0.0882 e. The molecule has 0 aromatic carbocycles. The first-order valence-corrected chi connectivity index (χ1v) is 4.30. The summed E-state index contributed by atoms with van der Waals surface area (Å²) < 4.78 is 0. The van der Waals surface area contributed by atoms with Gasteiger partial charge in [-0.2, -0.15) is 0 Å². The van der Waals surface area contributed by atoms with Gasteiger partial charge in [0.2, 0.25) is 0 Å². The summed E-state index contributed by atoms with van der Waals surface area (Å²) in [6.45, 7) is 0. The molecule has 59 valence electrons. The molecular formula is C11H15.